The van der Waals surface area contributed by atoms with E-state index < -0.39 is 70.5 Å². The molecule has 0 aliphatic heterocycles. The van der Waals surface area contributed by atoms with Gasteiger partial charge in [-0.2, -0.15) is 25.5 Å². The molecule has 0 fully saturated rings. The number of aromatic carboxylic acids is 1. The molecule has 23 nitrogen and oxygen atoms in total. The van der Waals surface area contributed by atoms with Crippen LogP contribution in [0.1, 0.15) is 117 Å². The number of carbonyl (C=O) groups excluding carboxylic acids is 4. The van der Waals surface area contributed by atoms with Crippen molar-refractivity contribution in [3.63, 3.8) is 0 Å². The van der Waals surface area contributed by atoms with Crippen molar-refractivity contribution >= 4 is 213 Å². The molecular weight excluding hydrogens is 1600 g/mol. The largest absolute Gasteiger partial charge is 0.478 e. The van der Waals surface area contributed by atoms with Crippen LogP contribution in [0.15, 0.2) is 173 Å². The van der Waals surface area contributed by atoms with Crippen LogP contribution < -0.4 is 27.4 Å². The van der Waals surface area contributed by atoms with E-state index in [0.29, 0.717) is 66.5 Å². The smallest absolute Gasteiger partial charge is 0.412 e. The highest BCUT2D eigenvalue weighted by Crippen LogP contribution is 2.32. The number of fused-ring (bicyclic) bond motifs is 5. The number of carboxylic acid groups (broad SMARTS) is 1. The third-order valence-corrected chi connectivity index (χ3v) is 21.2. The predicted molar refractivity (Wildman–Crippen MR) is 458 cm³/mol. The van der Waals surface area contributed by atoms with Gasteiger partial charge in [-0.15, -0.1) is 56.7 Å². The Labute approximate surface area is 683 Å². The number of hydrogen-bond donors (Lipinski definition) is 9. The molecule has 16 aromatic rings. The topological polar surface area (TPSA) is 338 Å². The van der Waals surface area contributed by atoms with E-state index in [1.165, 1.54) is 60.1 Å². The van der Waals surface area contributed by atoms with Gasteiger partial charge in [-0.25, -0.2) is 31.5 Å². The fourth-order valence-electron chi connectivity index (χ4n) is 11.3. The third-order valence-electron chi connectivity index (χ3n) is 17.1. The Balaban J connectivity index is 0.000000135. The summed E-state index contributed by atoms with van der Waals surface area (Å²) in [4.78, 5) is 68.1. The van der Waals surface area contributed by atoms with Gasteiger partial charge in [0.15, 0.2) is 0 Å². The van der Waals surface area contributed by atoms with E-state index in [1.54, 1.807) is 139 Å². The Morgan fingerprint density at radius 3 is 1.32 bits per heavy atom. The second-order valence-corrected chi connectivity index (χ2v) is 31.4. The molecule has 0 bridgehead atoms. The van der Waals surface area contributed by atoms with Crippen molar-refractivity contribution in [3.05, 3.63) is 277 Å². The lowest BCUT2D eigenvalue weighted by atomic mass is 10.1. The summed E-state index contributed by atoms with van der Waals surface area (Å²) < 4.78 is 78.3. The molecule has 11 aromatic heterocycles. The number of amides is 4. The van der Waals surface area contributed by atoms with Gasteiger partial charge in [-0.05, 0) is 188 Å². The van der Waals surface area contributed by atoms with Crippen molar-refractivity contribution in [2.24, 2.45) is 19.8 Å². The number of aromatic nitrogens is 11. The Morgan fingerprint density at radius 1 is 0.513 bits per heavy atom. The molecule has 5 aromatic carbocycles. The molecule has 0 spiro atoms. The summed E-state index contributed by atoms with van der Waals surface area (Å²) in [5, 5.41) is 59.6. The Hall–Kier alpha value is -13.6. The number of benzene rings is 5. The number of halogens is 5. The minimum absolute atomic E-state index is 0.0152. The van der Waals surface area contributed by atoms with Gasteiger partial charge in [0, 0.05) is 115 Å². The van der Waals surface area contributed by atoms with E-state index in [-0.39, 0.29) is 34.6 Å². The Kier molecular flexibility index (Phi) is 26.6. The summed E-state index contributed by atoms with van der Waals surface area (Å²) in [5.41, 5.74) is 16.7. The van der Waals surface area contributed by atoms with Crippen molar-refractivity contribution < 1.29 is 55.8 Å². The van der Waals surface area contributed by atoms with E-state index in [0.717, 1.165) is 46.4 Å². The number of nitrogen functional groups attached to an aromatic ring is 1. The maximum atomic E-state index is 14.4. The number of primary amides is 1. The first-order valence-electron chi connectivity index (χ1n) is 35.4. The highest BCUT2D eigenvalue weighted by molar-refractivity contribution is 7.12. The van der Waals surface area contributed by atoms with E-state index in [4.69, 9.17) is 21.3 Å². The normalized spacial score (nSPS) is 11.8. The number of anilines is 2. The van der Waals surface area contributed by atoms with Crippen molar-refractivity contribution in [3.8, 4) is 0 Å². The molecule has 594 valence electrons. The number of carboxylic acids is 1. The van der Waals surface area contributed by atoms with Gasteiger partial charge in [-0.1, -0.05) is 36.4 Å². The highest BCUT2D eigenvalue weighted by Gasteiger charge is 2.23. The highest BCUT2D eigenvalue weighted by atomic mass is 32.1. The van der Waals surface area contributed by atoms with Crippen LogP contribution in [-0.2, 0) is 30.2 Å². The first-order chi connectivity index (χ1) is 56.2. The van der Waals surface area contributed by atoms with Crippen molar-refractivity contribution in [1.29, 1.82) is 0 Å². The maximum absolute atomic E-state index is 14.4. The van der Waals surface area contributed by atoms with Crippen molar-refractivity contribution in [2.75, 3.05) is 11.1 Å². The second kappa shape index (κ2) is 37.6. The van der Waals surface area contributed by atoms with E-state index >= 15 is 0 Å². The van der Waals surface area contributed by atoms with Crippen LogP contribution in [0.2, 0.25) is 0 Å². The Morgan fingerprint density at radius 2 is 0.915 bits per heavy atom. The molecule has 4 amide bonds. The number of thiophene rings is 5. The van der Waals surface area contributed by atoms with Gasteiger partial charge in [0.1, 0.15) is 40.7 Å². The molecule has 16 rings (SSSR count). The van der Waals surface area contributed by atoms with Crippen LogP contribution >= 0.6 is 56.7 Å². The molecular formula is C84H71F5N16O7S5. The molecule has 33 heteroatoms. The van der Waals surface area contributed by atoms with E-state index in [2.05, 4.69) is 61.7 Å². The van der Waals surface area contributed by atoms with Crippen molar-refractivity contribution in [1.82, 2.24) is 65.8 Å². The van der Waals surface area contributed by atoms with Crippen molar-refractivity contribution in [2.45, 2.75) is 45.9 Å². The summed E-state index contributed by atoms with van der Waals surface area (Å²) in [6.07, 6.45) is 21.5. The fourth-order valence-corrected chi connectivity index (χ4v) is 14.4. The summed E-state index contributed by atoms with van der Waals surface area (Å²) in [7, 11) is 3.45. The summed E-state index contributed by atoms with van der Waals surface area (Å²) in [6, 6.07) is 36.3. The van der Waals surface area contributed by atoms with Gasteiger partial charge < -0.3 is 31.9 Å². The van der Waals surface area contributed by atoms with E-state index in [1.807, 2.05) is 142 Å². The zero-order chi connectivity index (χ0) is 83.0. The predicted octanol–water partition coefficient (Wildman–Crippen LogP) is 19.2. The van der Waals surface area contributed by atoms with E-state index in [9.17, 15) is 45.9 Å². The molecule has 0 aliphatic rings. The summed E-state index contributed by atoms with van der Waals surface area (Å²) in [5.74, 6) is -6.20. The van der Waals surface area contributed by atoms with Crippen LogP contribution in [0.4, 0.5) is 38.1 Å². The standard InChI is InChI=1S/C20H15FN4OS.C19H20FN3O2S.C17H15FN4O2S.C15H11FN2O2S.C13H10FN3S/c21-17-10-19-16(18(24-25-19)6-5-14-4-2-8-27-14)9-15(17)20(26)23-12-13-3-1-7-22-11-13;1-19(2,3)25-18(24)21-16-10-13-15(8-7-12-6-5-9-26-12)22-23(4)17(13)11-14(16)20;1-9(16(19)23)20-17(24)11-7-12-14(5-4-10-3-2-6-25-10)21-22-15(12)8-13(11)18;1-18-14-8-12(16)10(15(19)20)7-11(14)13(17-18)5-4-9-3-2-6-21-9;14-10-7-13-9(6-11(10)15)12(16-17-13)4-3-8-2-1-5-18-8/h1-11H,12H2,(H,23,26)(H,24,25);5-11H,1-4H3,(H,21,24);2-9H,1H3,(H2,19,23)(H,20,24)(H,21,22);2-8H,1H3,(H,19,20);1-7H,15H2,(H,16,17)/b6-5+;8-7+;2*5-4+;4-3+/t;;9-;;/m..0../s1. The number of aromatic amines is 3. The van der Waals surface area contributed by atoms with Crippen LogP contribution in [0.25, 0.3) is 115 Å². The van der Waals surface area contributed by atoms with Gasteiger partial charge >= 0.3 is 12.1 Å². The molecule has 11 heterocycles. The number of ether oxygens (including phenoxy) is 1. The number of aryl methyl sites for hydroxylation is 2. The lowest BCUT2D eigenvalue weighted by Gasteiger charge is -2.19. The zero-order valence-electron chi connectivity index (χ0n) is 62.9. The second-order valence-electron chi connectivity index (χ2n) is 26.5. The third kappa shape index (κ3) is 21.4. The minimum atomic E-state index is -1.29. The fraction of sp³-hybridized carbons (Fsp3) is 0.107. The number of carbonyl (C=O) groups is 5. The van der Waals surface area contributed by atoms with Gasteiger partial charge in [0.25, 0.3) is 11.8 Å². The molecule has 0 unspecified atom stereocenters. The van der Waals surface area contributed by atoms with Crippen LogP contribution in [0, 0.1) is 29.1 Å². The number of rotatable bonds is 18. The number of nitrogens with zero attached hydrogens (tertiary/aromatic N) is 8. The number of nitrogens with two attached hydrogens (primary N) is 2. The SMILES string of the molecule is C[C@H](NC(=O)c1cc2c(/C=C/c3cccs3)n[nH]c2cc1F)C(N)=O.Cn1nc(/C=C/c2cccs2)c2cc(C(=O)O)c(F)cc21.Cn1nc(/C=C/c2cccs2)c2cc(NC(=O)OC(C)(C)C)c(F)cc21.Nc1cc2c(/C=C/c3cccs3)n[nH]c2cc1F.O=C(NCc1cccnc1)c1cc2c(/C=C/c3cccs3)n[nH]c2cc1F. The minimum Gasteiger partial charge on any atom is -0.478 e. The summed E-state index contributed by atoms with van der Waals surface area (Å²) >= 11 is 8.04. The number of nitrogens with one attached hydrogen (secondary N) is 6. The van der Waals surface area contributed by atoms with Crippen LogP contribution in [0.3, 0.4) is 0 Å². The first kappa shape index (κ1) is 82.8. The first-order valence-corrected chi connectivity index (χ1v) is 39.8. The number of pyridine rings is 1. The van der Waals surface area contributed by atoms with Gasteiger partial charge in [0.2, 0.25) is 5.91 Å². The average Bonchev–Trinajstić information content (AvgIpc) is 1.63. The molecule has 0 saturated heterocycles. The zero-order valence-corrected chi connectivity index (χ0v) is 66.9. The lowest BCUT2D eigenvalue weighted by molar-refractivity contribution is -0.119. The van der Waals surface area contributed by atoms with Crippen LogP contribution in [-0.4, -0.2) is 102 Å². The molecule has 117 heavy (non-hydrogen) atoms. The quantitative estimate of drug-likeness (QED) is 0.0285. The molecule has 11 N–H and O–H groups in total. The molecule has 0 radical (unpaired) electrons. The molecule has 0 aliphatic carbocycles. The Bertz CT molecular complexity index is 6380. The molecule has 0 saturated carbocycles. The molecule has 1 atom stereocenters. The van der Waals surface area contributed by atoms with Gasteiger partial charge in [0.05, 0.1) is 84.1 Å². The number of H-pyrrole nitrogens is 3. The lowest BCUT2D eigenvalue weighted by Crippen LogP contribution is -2.42. The summed E-state index contributed by atoms with van der Waals surface area (Å²) in [6.45, 7) is 6.96. The monoisotopic (exact) mass is 1670 g/mol. The number of hydrogen-bond acceptors (Lipinski definition) is 18. The maximum Gasteiger partial charge on any atom is 0.412 e. The average molecular weight is 1670 g/mol. The van der Waals surface area contributed by atoms with Gasteiger partial charge in [-0.3, -0.25) is 49.3 Å². The van der Waals surface area contributed by atoms with Crippen LogP contribution in [0.5, 0.6) is 0 Å².